The van der Waals surface area contributed by atoms with Gasteiger partial charge in [0.25, 0.3) is 5.91 Å². The van der Waals surface area contributed by atoms with E-state index in [2.05, 4.69) is 20.5 Å². The first kappa shape index (κ1) is 21.2. The predicted octanol–water partition coefficient (Wildman–Crippen LogP) is 5.59. The first-order chi connectivity index (χ1) is 15.8. The number of aromatic nitrogens is 5. The minimum atomic E-state index is -4.67. The Balaban J connectivity index is 1.49. The molecule has 0 aliphatic carbocycles. The highest BCUT2D eigenvalue weighted by Crippen LogP contribution is 2.39. The molecule has 5 aromatic rings. The summed E-state index contributed by atoms with van der Waals surface area (Å²) in [6.07, 6.45) is -1.83. The van der Waals surface area contributed by atoms with E-state index in [0.717, 1.165) is 11.3 Å². The first-order valence-corrected chi connectivity index (χ1v) is 10.6. The molecule has 0 radical (unpaired) electrons. The lowest BCUT2D eigenvalue weighted by molar-refractivity contribution is -0.140. The molecule has 0 spiro atoms. The molecule has 1 amide bonds. The van der Waals surface area contributed by atoms with Gasteiger partial charge in [0.2, 0.25) is 0 Å². The molecular weight excluding hydrogens is 477 g/mol. The van der Waals surface area contributed by atoms with Gasteiger partial charge in [-0.2, -0.15) is 23.4 Å². The summed E-state index contributed by atoms with van der Waals surface area (Å²) in [6, 6.07) is 14.4. The zero-order valence-electron chi connectivity index (χ0n) is 16.4. The Hall–Kier alpha value is -3.70. The van der Waals surface area contributed by atoms with Crippen LogP contribution in [0.25, 0.3) is 21.6 Å². The molecule has 33 heavy (non-hydrogen) atoms. The van der Waals surface area contributed by atoms with Crippen molar-refractivity contribution in [2.45, 2.75) is 6.18 Å². The SMILES string of the molecule is O=C(Nc1ccc(-n2cncn2)c(Cl)c1)c1cc2c(C(F)(F)F)nn(-c3ccccc3)c2s1. The normalized spacial score (nSPS) is 11.8. The molecule has 3 heterocycles. The molecule has 0 atom stereocenters. The van der Waals surface area contributed by atoms with Gasteiger partial charge in [-0.15, -0.1) is 11.3 Å². The van der Waals surface area contributed by atoms with Crippen LogP contribution in [0.2, 0.25) is 5.02 Å². The van der Waals surface area contributed by atoms with Crippen molar-refractivity contribution in [2.75, 3.05) is 5.32 Å². The maximum absolute atomic E-state index is 13.6. The van der Waals surface area contributed by atoms with Gasteiger partial charge in [0.1, 0.15) is 17.5 Å². The molecule has 0 unspecified atom stereocenters. The molecule has 12 heteroatoms. The van der Waals surface area contributed by atoms with E-state index in [1.807, 2.05) is 0 Å². The van der Waals surface area contributed by atoms with Crippen LogP contribution in [-0.4, -0.2) is 30.5 Å². The Kier molecular flexibility index (Phi) is 5.14. The predicted molar refractivity (Wildman–Crippen MR) is 118 cm³/mol. The van der Waals surface area contributed by atoms with Gasteiger partial charge in [0, 0.05) is 11.1 Å². The Morgan fingerprint density at radius 2 is 1.88 bits per heavy atom. The number of benzene rings is 2. The number of nitrogens with zero attached hydrogens (tertiary/aromatic N) is 5. The monoisotopic (exact) mass is 488 g/mol. The summed E-state index contributed by atoms with van der Waals surface area (Å²) < 4.78 is 43.5. The third kappa shape index (κ3) is 3.96. The molecule has 1 N–H and O–H groups in total. The zero-order valence-corrected chi connectivity index (χ0v) is 18.0. The van der Waals surface area contributed by atoms with E-state index >= 15 is 0 Å². The van der Waals surface area contributed by atoms with E-state index in [4.69, 9.17) is 11.6 Å². The summed E-state index contributed by atoms with van der Waals surface area (Å²) >= 11 is 7.20. The van der Waals surface area contributed by atoms with Crippen molar-refractivity contribution in [1.29, 1.82) is 0 Å². The van der Waals surface area contributed by atoms with Crippen LogP contribution in [0.3, 0.4) is 0 Å². The molecule has 0 saturated heterocycles. The fourth-order valence-electron chi connectivity index (χ4n) is 3.27. The molecule has 0 aliphatic heterocycles. The summed E-state index contributed by atoms with van der Waals surface area (Å²) in [6.45, 7) is 0. The summed E-state index contributed by atoms with van der Waals surface area (Å²) in [4.78, 5) is 17.0. The quantitative estimate of drug-likeness (QED) is 0.357. The summed E-state index contributed by atoms with van der Waals surface area (Å²) in [7, 11) is 0. The number of halogens is 4. The Morgan fingerprint density at radius 1 is 1.09 bits per heavy atom. The Morgan fingerprint density at radius 3 is 2.55 bits per heavy atom. The smallest absolute Gasteiger partial charge is 0.321 e. The van der Waals surface area contributed by atoms with Crippen molar-refractivity contribution in [3.8, 4) is 11.4 Å². The van der Waals surface area contributed by atoms with Gasteiger partial charge in [-0.05, 0) is 36.4 Å². The van der Waals surface area contributed by atoms with E-state index in [1.165, 1.54) is 34.2 Å². The lowest BCUT2D eigenvalue weighted by atomic mass is 10.2. The molecule has 7 nitrogen and oxygen atoms in total. The van der Waals surface area contributed by atoms with Crippen LogP contribution >= 0.6 is 22.9 Å². The van der Waals surface area contributed by atoms with E-state index in [9.17, 15) is 18.0 Å². The lowest BCUT2D eigenvalue weighted by Gasteiger charge is -2.08. The minimum Gasteiger partial charge on any atom is -0.321 e. The van der Waals surface area contributed by atoms with E-state index < -0.39 is 17.8 Å². The van der Waals surface area contributed by atoms with Crippen molar-refractivity contribution in [1.82, 2.24) is 24.5 Å². The number of hydrogen-bond donors (Lipinski definition) is 1. The summed E-state index contributed by atoms with van der Waals surface area (Å²) in [5.41, 5.74) is 0.359. The molecule has 2 aromatic carbocycles. The van der Waals surface area contributed by atoms with Gasteiger partial charge < -0.3 is 5.32 Å². The number of carbonyl (C=O) groups excluding carboxylic acids is 1. The largest absolute Gasteiger partial charge is 0.435 e. The van der Waals surface area contributed by atoms with E-state index in [0.29, 0.717) is 22.1 Å². The Labute approximate surface area is 193 Å². The highest BCUT2D eigenvalue weighted by molar-refractivity contribution is 7.20. The highest BCUT2D eigenvalue weighted by atomic mass is 35.5. The average Bonchev–Trinajstić information content (AvgIpc) is 3.50. The molecular formula is C21H12ClF3N6OS. The van der Waals surface area contributed by atoms with Gasteiger partial charge >= 0.3 is 6.18 Å². The molecule has 3 aromatic heterocycles. The van der Waals surface area contributed by atoms with Crippen molar-refractivity contribution in [3.05, 3.63) is 82.8 Å². The standard InChI is InChI=1S/C21H12ClF3N6OS/c22-15-8-12(6-7-16(15)30-11-26-10-27-30)28-19(32)17-9-14-18(21(23,24)25)29-31(20(14)33-17)13-4-2-1-3-5-13/h1-11H,(H,28,32). The number of amides is 1. The number of hydrogen-bond acceptors (Lipinski definition) is 5. The topological polar surface area (TPSA) is 77.6 Å². The second kappa shape index (κ2) is 8.01. The number of rotatable bonds is 4. The van der Waals surface area contributed by atoms with Crippen molar-refractivity contribution in [3.63, 3.8) is 0 Å². The number of thiophene rings is 1. The zero-order chi connectivity index (χ0) is 23.2. The third-order valence-corrected chi connectivity index (χ3v) is 6.14. The van der Waals surface area contributed by atoms with E-state index in [-0.39, 0.29) is 15.1 Å². The van der Waals surface area contributed by atoms with Crippen molar-refractivity contribution >= 4 is 44.7 Å². The Bertz CT molecular complexity index is 1460. The molecule has 5 rings (SSSR count). The van der Waals surface area contributed by atoms with Crippen LogP contribution in [0.4, 0.5) is 18.9 Å². The summed E-state index contributed by atoms with van der Waals surface area (Å²) in [5.74, 6) is -0.562. The minimum absolute atomic E-state index is 0.106. The average molecular weight is 489 g/mol. The molecule has 166 valence electrons. The van der Waals surface area contributed by atoms with Crippen LogP contribution in [0.5, 0.6) is 0 Å². The number of carbonyl (C=O) groups is 1. The number of nitrogens with one attached hydrogen (secondary N) is 1. The van der Waals surface area contributed by atoms with Gasteiger partial charge in [-0.25, -0.2) is 14.3 Å². The van der Waals surface area contributed by atoms with Gasteiger partial charge in [0.05, 0.1) is 21.3 Å². The number of para-hydroxylation sites is 1. The van der Waals surface area contributed by atoms with Crippen LogP contribution < -0.4 is 5.32 Å². The van der Waals surface area contributed by atoms with Gasteiger partial charge in [0.15, 0.2) is 5.69 Å². The van der Waals surface area contributed by atoms with Crippen LogP contribution in [0, 0.1) is 0 Å². The van der Waals surface area contributed by atoms with Crippen molar-refractivity contribution in [2.24, 2.45) is 0 Å². The highest BCUT2D eigenvalue weighted by Gasteiger charge is 2.38. The van der Waals surface area contributed by atoms with Crippen molar-refractivity contribution < 1.29 is 18.0 Å². The first-order valence-electron chi connectivity index (χ1n) is 9.42. The summed E-state index contributed by atoms with van der Waals surface area (Å²) in [5, 5.41) is 10.6. The number of anilines is 1. The van der Waals surface area contributed by atoms with Gasteiger partial charge in [-0.1, -0.05) is 29.8 Å². The molecule has 0 fully saturated rings. The number of alkyl halides is 3. The van der Waals surface area contributed by atoms with Crippen LogP contribution in [0.15, 0.2) is 67.3 Å². The fourth-order valence-corrected chi connectivity index (χ4v) is 4.56. The van der Waals surface area contributed by atoms with Gasteiger partial charge in [-0.3, -0.25) is 4.79 Å². The molecule has 0 aliphatic rings. The number of fused-ring (bicyclic) bond motifs is 1. The lowest BCUT2D eigenvalue weighted by Crippen LogP contribution is -2.11. The molecule has 0 saturated carbocycles. The third-order valence-electron chi connectivity index (χ3n) is 4.72. The van der Waals surface area contributed by atoms with E-state index in [1.54, 1.807) is 42.5 Å². The molecule has 0 bridgehead atoms. The maximum Gasteiger partial charge on any atom is 0.435 e. The maximum atomic E-state index is 13.6. The second-order valence-electron chi connectivity index (χ2n) is 6.88. The second-order valence-corrected chi connectivity index (χ2v) is 8.32. The fraction of sp³-hybridized carbons (Fsp3) is 0.0476. The van der Waals surface area contributed by atoms with Crippen LogP contribution in [0.1, 0.15) is 15.4 Å². The van der Waals surface area contributed by atoms with Crippen LogP contribution in [-0.2, 0) is 6.18 Å².